The Bertz CT molecular complexity index is 619. The number of aryl methyl sites for hydroxylation is 1. The minimum atomic E-state index is -0.905. The molecule has 0 saturated heterocycles. The second-order valence-corrected chi connectivity index (χ2v) is 4.65. The minimum Gasteiger partial charge on any atom is -0.485 e. The fraction of sp³-hybridized carbons (Fsp3) is 0.188. The van der Waals surface area contributed by atoms with E-state index in [0.29, 0.717) is 5.56 Å². The highest BCUT2D eigenvalue weighted by atomic mass is 16.5. The average molecular weight is 254 g/mol. The third-order valence-electron chi connectivity index (χ3n) is 3.46. The summed E-state index contributed by atoms with van der Waals surface area (Å²) in [6, 6.07) is 15.0. The van der Waals surface area contributed by atoms with E-state index in [2.05, 4.69) is 6.07 Å². The van der Waals surface area contributed by atoms with Crippen LogP contribution in [0.25, 0.3) is 0 Å². The van der Waals surface area contributed by atoms with E-state index in [1.54, 1.807) is 12.1 Å². The normalized spacial score (nSPS) is 17.4. The Labute approximate surface area is 111 Å². The van der Waals surface area contributed by atoms with Crippen molar-refractivity contribution in [3.63, 3.8) is 0 Å². The van der Waals surface area contributed by atoms with Gasteiger partial charge >= 0.3 is 5.97 Å². The van der Waals surface area contributed by atoms with Crippen LogP contribution in [0.15, 0.2) is 48.5 Å². The van der Waals surface area contributed by atoms with Crippen LogP contribution < -0.4 is 4.74 Å². The van der Waals surface area contributed by atoms with Crippen molar-refractivity contribution in [2.24, 2.45) is 0 Å². The number of carboxylic acid groups (broad SMARTS) is 1. The van der Waals surface area contributed by atoms with E-state index in [0.717, 1.165) is 24.2 Å². The molecule has 0 saturated carbocycles. The standard InChI is InChI=1S/C16H14O3/c17-16(18)13-7-3-2-6-12(13)15-10-9-11-5-1-4-8-14(11)19-15/h1-8,15H,9-10H2,(H,17,18). The quantitative estimate of drug-likeness (QED) is 0.892. The smallest absolute Gasteiger partial charge is 0.336 e. The number of aromatic carboxylic acids is 1. The largest absolute Gasteiger partial charge is 0.485 e. The molecule has 3 nitrogen and oxygen atoms in total. The molecule has 1 N–H and O–H groups in total. The molecule has 0 spiro atoms. The van der Waals surface area contributed by atoms with Gasteiger partial charge in [-0.2, -0.15) is 0 Å². The number of hydrogen-bond acceptors (Lipinski definition) is 2. The van der Waals surface area contributed by atoms with Crippen LogP contribution in [-0.4, -0.2) is 11.1 Å². The maximum atomic E-state index is 11.3. The number of carboxylic acids is 1. The summed E-state index contributed by atoms with van der Waals surface area (Å²) in [7, 11) is 0. The number of ether oxygens (including phenoxy) is 1. The van der Waals surface area contributed by atoms with Gasteiger partial charge in [-0.15, -0.1) is 0 Å². The summed E-state index contributed by atoms with van der Waals surface area (Å²) in [5, 5.41) is 9.24. The first-order valence-corrected chi connectivity index (χ1v) is 6.32. The zero-order chi connectivity index (χ0) is 13.2. The number of carbonyl (C=O) groups is 1. The van der Waals surface area contributed by atoms with Crippen molar-refractivity contribution in [2.45, 2.75) is 18.9 Å². The predicted molar refractivity (Wildman–Crippen MR) is 71.5 cm³/mol. The van der Waals surface area contributed by atoms with Gasteiger partial charge in [0.1, 0.15) is 11.9 Å². The molecular weight excluding hydrogens is 240 g/mol. The van der Waals surface area contributed by atoms with Gasteiger partial charge in [0.05, 0.1) is 5.56 Å². The summed E-state index contributed by atoms with van der Waals surface area (Å²) in [5.41, 5.74) is 2.27. The highest BCUT2D eigenvalue weighted by Gasteiger charge is 2.24. The first kappa shape index (κ1) is 11.8. The molecule has 0 amide bonds. The van der Waals surface area contributed by atoms with E-state index >= 15 is 0 Å². The first-order chi connectivity index (χ1) is 9.25. The molecule has 96 valence electrons. The minimum absolute atomic E-state index is 0.179. The van der Waals surface area contributed by atoms with Crippen LogP contribution >= 0.6 is 0 Å². The summed E-state index contributed by atoms with van der Waals surface area (Å²) in [5.74, 6) is -0.0444. The third-order valence-corrected chi connectivity index (χ3v) is 3.46. The number of para-hydroxylation sites is 1. The van der Waals surface area contributed by atoms with Crippen molar-refractivity contribution in [1.29, 1.82) is 0 Å². The molecule has 0 bridgehead atoms. The van der Waals surface area contributed by atoms with Crippen molar-refractivity contribution in [2.75, 3.05) is 0 Å². The maximum absolute atomic E-state index is 11.3. The SMILES string of the molecule is O=C(O)c1ccccc1C1CCc2ccccc2O1. The van der Waals surface area contributed by atoms with Crippen LogP contribution in [0, 0.1) is 0 Å². The highest BCUT2D eigenvalue weighted by Crippen LogP contribution is 2.35. The lowest BCUT2D eigenvalue weighted by Crippen LogP contribution is -2.17. The number of benzene rings is 2. The van der Waals surface area contributed by atoms with Crippen molar-refractivity contribution in [3.8, 4) is 5.75 Å². The second kappa shape index (κ2) is 4.76. The number of fused-ring (bicyclic) bond motifs is 1. The molecule has 1 atom stereocenters. The molecule has 2 aromatic carbocycles. The van der Waals surface area contributed by atoms with E-state index in [-0.39, 0.29) is 6.10 Å². The molecule has 2 aromatic rings. The van der Waals surface area contributed by atoms with Crippen LogP contribution in [0.1, 0.15) is 34.0 Å². The summed E-state index contributed by atoms with van der Waals surface area (Å²) in [6.45, 7) is 0. The highest BCUT2D eigenvalue weighted by molar-refractivity contribution is 5.89. The van der Waals surface area contributed by atoms with E-state index in [4.69, 9.17) is 4.74 Å². The molecule has 0 radical (unpaired) electrons. The second-order valence-electron chi connectivity index (χ2n) is 4.65. The zero-order valence-corrected chi connectivity index (χ0v) is 10.4. The van der Waals surface area contributed by atoms with E-state index in [9.17, 15) is 9.90 Å². The Kier molecular flexibility index (Phi) is 2.95. The lowest BCUT2D eigenvalue weighted by atomic mass is 9.94. The summed E-state index contributed by atoms with van der Waals surface area (Å²) in [4.78, 5) is 11.3. The predicted octanol–water partition coefficient (Wildman–Crippen LogP) is 3.45. The van der Waals surface area contributed by atoms with E-state index < -0.39 is 5.97 Å². The van der Waals surface area contributed by atoms with Gasteiger partial charge in [0.2, 0.25) is 0 Å². The monoisotopic (exact) mass is 254 g/mol. The topological polar surface area (TPSA) is 46.5 Å². The fourth-order valence-corrected chi connectivity index (χ4v) is 2.52. The van der Waals surface area contributed by atoms with Gasteiger partial charge in [0.15, 0.2) is 0 Å². The summed E-state index contributed by atoms with van der Waals surface area (Å²) >= 11 is 0. The van der Waals surface area contributed by atoms with E-state index in [1.165, 1.54) is 5.56 Å². The Morgan fingerprint density at radius 3 is 2.68 bits per heavy atom. The Morgan fingerprint density at radius 1 is 1.11 bits per heavy atom. The average Bonchev–Trinajstić information content (AvgIpc) is 2.46. The van der Waals surface area contributed by atoms with Crippen LogP contribution in [0.5, 0.6) is 5.75 Å². The van der Waals surface area contributed by atoms with Crippen LogP contribution in [0.4, 0.5) is 0 Å². The Morgan fingerprint density at radius 2 is 1.84 bits per heavy atom. The number of rotatable bonds is 2. The molecule has 3 rings (SSSR count). The van der Waals surface area contributed by atoms with Gasteiger partial charge in [-0.25, -0.2) is 4.79 Å². The van der Waals surface area contributed by atoms with Gasteiger partial charge in [-0.1, -0.05) is 36.4 Å². The van der Waals surface area contributed by atoms with Crippen molar-refractivity contribution < 1.29 is 14.6 Å². The third kappa shape index (κ3) is 2.19. The Hall–Kier alpha value is -2.29. The molecule has 3 heteroatoms. The molecule has 19 heavy (non-hydrogen) atoms. The molecule has 1 aliphatic rings. The van der Waals surface area contributed by atoms with Gasteiger partial charge in [0, 0.05) is 5.56 Å². The molecule has 1 unspecified atom stereocenters. The number of hydrogen-bond donors (Lipinski definition) is 1. The van der Waals surface area contributed by atoms with Crippen LogP contribution in [0.3, 0.4) is 0 Å². The molecule has 1 aliphatic heterocycles. The van der Waals surface area contributed by atoms with Crippen molar-refractivity contribution in [3.05, 3.63) is 65.2 Å². The molecule has 0 aromatic heterocycles. The van der Waals surface area contributed by atoms with Crippen molar-refractivity contribution in [1.82, 2.24) is 0 Å². The zero-order valence-electron chi connectivity index (χ0n) is 10.4. The molecule has 1 heterocycles. The van der Waals surface area contributed by atoms with Gasteiger partial charge in [-0.05, 0) is 30.5 Å². The summed E-state index contributed by atoms with van der Waals surface area (Å²) < 4.78 is 5.95. The molecular formula is C16H14O3. The molecule has 0 fully saturated rings. The first-order valence-electron chi connectivity index (χ1n) is 6.32. The van der Waals surface area contributed by atoms with Gasteiger partial charge < -0.3 is 9.84 Å². The lowest BCUT2D eigenvalue weighted by Gasteiger charge is -2.27. The lowest BCUT2D eigenvalue weighted by molar-refractivity contribution is 0.0689. The van der Waals surface area contributed by atoms with Crippen LogP contribution in [0.2, 0.25) is 0 Å². The van der Waals surface area contributed by atoms with Crippen molar-refractivity contribution >= 4 is 5.97 Å². The maximum Gasteiger partial charge on any atom is 0.336 e. The molecule has 0 aliphatic carbocycles. The Balaban J connectivity index is 1.95. The fourth-order valence-electron chi connectivity index (χ4n) is 2.52. The summed E-state index contributed by atoms with van der Waals surface area (Å²) in [6.07, 6.45) is 1.54. The van der Waals surface area contributed by atoms with Crippen LogP contribution in [-0.2, 0) is 6.42 Å². The van der Waals surface area contributed by atoms with E-state index in [1.807, 2.05) is 30.3 Å². The van der Waals surface area contributed by atoms with Gasteiger partial charge in [-0.3, -0.25) is 0 Å². The van der Waals surface area contributed by atoms with Gasteiger partial charge in [0.25, 0.3) is 0 Å².